The van der Waals surface area contributed by atoms with Crippen LogP contribution in [0.1, 0.15) is 18.1 Å². The van der Waals surface area contributed by atoms with Gasteiger partial charge in [-0.2, -0.15) is 9.41 Å². The summed E-state index contributed by atoms with van der Waals surface area (Å²) in [5.41, 5.74) is 4.59. The van der Waals surface area contributed by atoms with Crippen LogP contribution in [0.5, 0.6) is 11.5 Å². The summed E-state index contributed by atoms with van der Waals surface area (Å²) in [6.07, 6.45) is 0. The van der Waals surface area contributed by atoms with E-state index in [-0.39, 0.29) is 11.4 Å². The van der Waals surface area contributed by atoms with E-state index in [0.29, 0.717) is 17.2 Å². The van der Waals surface area contributed by atoms with Crippen LogP contribution in [0.15, 0.2) is 52.5 Å². The summed E-state index contributed by atoms with van der Waals surface area (Å²) in [6, 6.07) is 11.7. The average molecular weight is 420 g/mol. The van der Waals surface area contributed by atoms with Gasteiger partial charge in [0.1, 0.15) is 0 Å². The summed E-state index contributed by atoms with van der Waals surface area (Å²) in [4.78, 5) is 12.3. The number of carbonyl (C=O) groups is 1. The lowest BCUT2D eigenvalue weighted by Crippen LogP contribution is -2.36. The smallest absolute Gasteiger partial charge is 0.255 e. The maximum absolute atomic E-state index is 12.6. The molecule has 0 spiro atoms. The van der Waals surface area contributed by atoms with Crippen LogP contribution in [0.25, 0.3) is 0 Å². The quantitative estimate of drug-likeness (QED) is 0.522. The number of ether oxygens (including phenoxy) is 2. The van der Waals surface area contributed by atoms with Crippen LogP contribution in [0.2, 0.25) is 0 Å². The predicted molar refractivity (Wildman–Crippen MR) is 111 cm³/mol. The zero-order valence-electron chi connectivity index (χ0n) is 17.1. The van der Waals surface area contributed by atoms with E-state index in [9.17, 15) is 13.2 Å². The second-order valence-electron chi connectivity index (χ2n) is 6.38. The number of aryl methyl sites for hydroxylation is 1. The second-order valence-corrected chi connectivity index (χ2v) is 8.42. The molecule has 0 aliphatic rings. The molecule has 1 amide bonds. The van der Waals surface area contributed by atoms with Gasteiger partial charge in [-0.1, -0.05) is 17.7 Å². The molecule has 0 atom stereocenters. The van der Waals surface area contributed by atoms with Crippen LogP contribution in [0.4, 0.5) is 0 Å². The molecule has 0 fully saturated rings. The van der Waals surface area contributed by atoms with Gasteiger partial charge in [0.25, 0.3) is 5.91 Å². The van der Waals surface area contributed by atoms with E-state index in [1.54, 1.807) is 44.4 Å². The largest absolute Gasteiger partial charge is 0.493 e. The minimum absolute atomic E-state index is 0.128. The van der Waals surface area contributed by atoms with E-state index in [2.05, 4.69) is 10.5 Å². The molecule has 0 bridgehead atoms. The van der Waals surface area contributed by atoms with E-state index in [4.69, 9.17) is 9.47 Å². The Bertz CT molecular complexity index is 1000. The molecular formula is C20H25N3O5S. The molecule has 0 aliphatic heterocycles. The van der Waals surface area contributed by atoms with E-state index >= 15 is 0 Å². The highest BCUT2D eigenvalue weighted by Crippen LogP contribution is 2.27. The van der Waals surface area contributed by atoms with Crippen LogP contribution in [0, 0.1) is 6.92 Å². The summed E-state index contributed by atoms with van der Waals surface area (Å²) in [6.45, 7) is 3.22. The van der Waals surface area contributed by atoms with Crippen molar-refractivity contribution in [1.29, 1.82) is 0 Å². The molecule has 2 aromatic carbocycles. The minimum Gasteiger partial charge on any atom is -0.493 e. The van der Waals surface area contributed by atoms with Crippen molar-refractivity contribution in [3.05, 3.63) is 53.6 Å². The van der Waals surface area contributed by atoms with Gasteiger partial charge >= 0.3 is 0 Å². The number of sulfonamides is 1. The second kappa shape index (κ2) is 9.53. The number of carbonyl (C=O) groups excluding carboxylic acids is 1. The lowest BCUT2D eigenvalue weighted by Gasteiger charge is -2.16. The van der Waals surface area contributed by atoms with Gasteiger partial charge in [0.2, 0.25) is 10.0 Å². The molecule has 2 rings (SSSR count). The molecule has 0 heterocycles. The first-order valence-corrected chi connectivity index (χ1v) is 10.2. The fraction of sp³-hybridized carbons (Fsp3) is 0.300. The highest BCUT2D eigenvalue weighted by Gasteiger charge is 2.22. The van der Waals surface area contributed by atoms with Crippen LogP contribution < -0.4 is 14.9 Å². The van der Waals surface area contributed by atoms with Crippen LogP contribution >= 0.6 is 0 Å². The molecule has 0 radical (unpaired) electrons. The standard InChI is InChI=1S/C20H25N3O5S/c1-14-6-9-17(10-7-14)29(25,26)23(3)13-20(24)22-21-15(2)16-8-11-18(27-4)19(12-16)28-5/h6-12H,13H2,1-5H3,(H,22,24)/b21-15+. The number of hydrogen-bond acceptors (Lipinski definition) is 6. The van der Waals surface area contributed by atoms with Crippen molar-refractivity contribution >= 4 is 21.6 Å². The Morgan fingerprint density at radius 3 is 2.28 bits per heavy atom. The molecule has 1 N–H and O–H groups in total. The Morgan fingerprint density at radius 2 is 1.69 bits per heavy atom. The van der Waals surface area contributed by atoms with Crippen LogP contribution in [-0.4, -0.2) is 52.2 Å². The number of amides is 1. The average Bonchev–Trinajstić information content (AvgIpc) is 2.71. The number of likely N-dealkylation sites (N-methyl/N-ethyl adjacent to an activating group) is 1. The highest BCUT2D eigenvalue weighted by molar-refractivity contribution is 7.89. The molecule has 0 aliphatic carbocycles. The number of hydrazone groups is 1. The number of rotatable bonds is 8. The lowest BCUT2D eigenvalue weighted by atomic mass is 10.1. The van der Waals surface area contributed by atoms with Gasteiger partial charge in [-0.3, -0.25) is 4.79 Å². The van der Waals surface area contributed by atoms with Gasteiger partial charge in [-0.05, 0) is 44.2 Å². The van der Waals surface area contributed by atoms with Crippen molar-refractivity contribution in [2.24, 2.45) is 5.10 Å². The molecule has 0 saturated heterocycles. The van der Waals surface area contributed by atoms with Crippen molar-refractivity contribution in [2.75, 3.05) is 27.8 Å². The fourth-order valence-electron chi connectivity index (χ4n) is 2.48. The highest BCUT2D eigenvalue weighted by atomic mass is 32.2. The summed E-state index contributed by atoms with van der Waals surface area (Å²) >= 11 is 0. The zero-order valence-corrected chi connectivity index (χ0v) is 17.9. The molecule has 29 heavy (non-hydrogen) atoms. The lowest BCUT2D eigenvalue weighted by molar-refractivity contribution is -0.121. The Balaban J connectivity index is 2.05. The minimum atomic E-state index is -3.76. The maximum atomic E-state index is 12.6. The first-order valence-electron chi connectivity index (χ1n) is 8.77. The Labute approximate surface area is 171 Å². The fourth-order valence-corrected chi connectivity index (χ4v) is 3.61. The molecule has 156 valence electrons. The van der Waals surface area contributed by atoms with Gasteiger partial charge in [0.15, 0.2) is 11.5 Å². The van der Waals surface area contributed by atoms with Crippen LogP contribution in [-0.2, 0) is 14.8 Å². The molecule has 0 unspecified atom stereocenters. The molecule has 9 heteroatoms. The summed E-state index contributed by atoms with van der Waals surface area (Å²) in [7, 11) is 0.652. The van der Waals surface area contributed by atoms with Crippen molar-refractivity contribution in [2.45, 2.75) is 18.7 Å². The first-order chi connectivity index (χ1) is 13.7. The Kier molecular flexibility index (Phi) is 7.35. The first kappa shape index (κ1) is 22.4. The molecule has 0 saturated carbocycles. The van der Waals surface area contributed by atoms with Gasteiger partial charge < -0.3 is 9.47 Å². The number of hydrogen-bond donors (Lipinski definition) is 1. The normalized spacial score (nSPS) is 12.0. The monoisotopic (exact) mass is 419 g/mol. The predicted octanol–water partition coefficient (Wildman–Crippen LogP) is 2.17. The number of nitrogens with zero attached hydrogens (tertiary/aromatic N) is 2. The van der Waals surface area contributed by atoms with Crippen molar-refractivity contribution in [3.8, 4) is 11.5 Å². The number of benzene rings is 2. The van der Waals surface area contributed by atoms with Crippen molar-refractivity contribution in [3.63, 3.8) is 0 Å². The van der Waals surface area contributed by atoms with Gasteiger partial charge in [0.05, 0.1) is 31.4 Å². The van der Waals surface area contributed by atoms with E-state index in [1.165, 1.54) is 26.3 Å². The topological polar surface area (TPSA) is 97.3 Å². The van der Waals surface area contributed by atoms with Crippen molar-refractivity contribution < 1.29 is 22.7 Å². The summed E-state index contributed by atoms with van der Waals surface area (Å²) < 4.78 is 36.5. The SMILES string of the molecule is COc1ccc(/C(C)=N/NC(=O)CN(C)S(=O)(=O)c2ccc(C)cc2)cc1OC. The van der Waals surface area contributed by atoms with Gasteiger partial charge in [0, 0.05) is 12.6 Å². The molecule has 2 aromatic rings. The Morgan fingerprint density at radius 1 is 1.07 bits per heavy atom. The third-order valence-electron chi connectivity index (χ3n) is 4.25. The van der Waals surface area contributed by atoms with Crippen LogP contribution in [0.3, 0.4) is 0 Å². The maximum Gasteiger partial charge on any atom is 0.255 e. The Hall–Kier alpha value is -2.91. The van der Waals surface area contributed by atoms with Gasteiger partial charge in [-0.25, -0.2) is 13.8 Å². The number of methoxy groups -OCH3 is 2. The third kappa shape index (κ3) is 5.55. The van der Waals surface area contributed by atoms with Crippen molar-refractivity contribution in [1.82, 2.24) is 9.73 Å². The molecular weight excluding hydrogens is 394 g/mol. The molecule has 8 nitrogen and oxygen atoms in total. The third-order valence-corrected chi connectivity index (χ3v) is 6.06. The van der Waals surface area contributed by atoms with E-state index < -0.39 is 15.9 Å². The van der Waals surface area contributed by atoms with E-state index in [0.717, 1.165) is 15.4 Å². The number of nitrogens with one attached hydrogen (secondary N) is 1. The van der Waals surface area contributed by atoms with Gasteiger partial charge in [-0.15, -0.1) is 0 Å². The zero-order chi connectivity index (χ0) is 21.6. The summed E-state index contributed by atoms with van der Waals surface area (Å²) in [5.74, 6) is 0.564. The van der Waals surface area contributed by atoms with E-state index in [1.807, 2.05) is 6.92 Å². The summed E-state index contributed by atoms with van der Waals surface area (Å²) in [5, 5.41) is 4.04. The molecule has 0 aromatic heterocycles.